The van der Waals surface area contributed by atoms with Crippen LogP contribution in [-0.4, -0.2) is 35.5 Å². The lowest BCUT2D eigenvalue weighted by atomic mass is 9.49. The quantitative estimate of drug-likeness (QED) is 0.639. The van der Waals surface area contributed by atoms with E-state index in [0.29, 0.717) is 0 Å². The second-order valence-electron chi connectivity index (χ2n) is 6.24. The van der Waals surface area contributed by atoms with Gasteiger partial charge in [0.1, 0.15) is 0 Å². The third-order valence-corrected chi connectivity index (χ3v) is 4.39. The van der Waals surface area contributed by atoms with Crippen molar-refractivity contribution in [2.75, 3.05) is 19.7 Å². The van der Waals surface area contributed by atoms with E-state index in [1.54, 1.807) is 0 Å². The minimum absolute atomic E-state index is 0.126. The summed E-state index contributed by atoms with van der Waals surface area (Å²) in [6.45, 7) is 6.34. The van der Waals surface area contributed by atoms with Gasteiger partial charge in [-0.2, -0.15) is 0 Å². The SMILES string of the molecule is CC1(C)CC(O)(C2(CO)CCNCC2)C1. The zero-order valence-electron chi connectivity index (χ0n) is 9.84. The summed E-state index contributed by atoms with van der Waals surface area (Å²) in [5.41, 5.74) is -0.608. The molecule has 1 saturated heterocycles. The number of rotatable bonds is 2. The molecule has 88 valence electrons. The average molecular weight is 213 g/mol. The van der Waals surface area contributed by atoms with Crippen LogP contribution in [0.2, 0.25) is 0 Å². The third kappa shape index (κ3) is 1.71. The van der Waals surface area contributed by atoms with Gasteiger partial charge in [0.15, 0.2) is 0 Å². The van der Waals surface area contributed by atoms with Gasteiger partial charge in [-0.3, -0.25) is 0 Å². The topological polar surface area (TPSA) is 52.5 Å². The van der Waals surface area contributed by atoms with Crippen LogP contribution in [0.3, 0.4) is 0 Å². The van der Waals surface area contributed by atoms with Gasteiger partial charge < -0.3 is 15.5 Å². The molecule has 0 aromatic carbocycles. The Bertz CT molecular complexity index is 236. The molecule has 3 N–H and O–H groups in total. The van der Waals surface area contributed by atoms with Gasteiger partial charge in [0.25, 0.3) is 0 Å². The highest BCUT2D eigenvalue weighted by atomic mass is 16.3. The molecule has 0 amide bonds. The standard InChI is InChI=1S/C12H23NO2/c1-10(2)7-12(15,8-10)11(9-14)3-5-13-6-4-11/h13-15H,3-9H2,1-2H3. The van der Waals surface area contributed by atoms with E-state index < -0.39 is 5.60 Å². The highest BCUT2D eigenvalue weighted by Crippen LogP contribution is 2.58. The Morgan fingerprint density at radius 3 is 2.07 bits per heavy atom. The molecule has 0 aromatic rings. The smallest absolute Gasteiger partial charge is 0.0736 e. The van der Waals surface area contributed by atoms with Crippen LogP contribution in [0.5, 0.6) is 0 Å². The lowest BCUT2D eigenvalue weighted by molar-refractivity contribution is -0.215. The molecule has 2 aliphatic rings. The van der Waals surface area contributed by atoms with Gasteiger partial charge in [-0.25, -0.2) is 0 Å². The first-order valence-corrected chi connectivity index (χ1v) is 5.97. The van der Waals surface area contributed by atoms with Crippen LogP contribution < -0.4 is 5.32 Å². The molecule has 1 aliphatic heterocycles. The van der Waals surface area contributed by atoms with Gasteiger partial charge in [-0.1, -0.05) is 13.8 Å². The fourth-order valence-corrected chi connectivity index (χ4v) is 3.58. The van der Waals surface area contributed by atoms with E-state index >= 15 is 0 Å². The molecule has 0 unspecified atom stereocenters. The largest absolute Gasteiger partial charge is 0.396 e. The monoisotopic (exact) mass is 213 g/mol. The lowest BCUT2D eigenvalue weighted by Crippen LogP contribution is -2.64. The van der Waals surface area contributed by atoms with E-state index in [1.165, 1.54) is 0 Å². The maximum atomic E-state index is 10.6. The van der Waals surface area contributed by atoms with Crippen LogP contribution in [0.15, 0.2) is 0 Å². The Balaban J connectivity index is 2.12. The molecular formula is C12H23NO2. The highest BCUT2D eigenvalue weighted by molar-refractivity contribution is 5.11. The Morgan fingerprint density at radius 1 is 1.13 bits per heavy atom. The second kappa shape index (κ2) is 3.44. The molecule has 1 heterocycles. The summed E-state index contributed by atoms with van der Waals surface area (Å²) in [6, 6.07) is 0. The number of hydrogen-bond acceptors (Lipinski definition) is 3. The normalized spacial score (nSPS) is 32.0. The van der Waals surface area contributed by atoms with Crippen molar-refractivity contribution in [3.63, 3.8) is 0 Å². The van der Waals surface area contributed by atoms with Gasteiger partial charge in [0.05, 0.1) is 12.2 Å². The van der Waals surface area contributed by atoms with E-state index in [0.717, 1.165) is 38.8 Å². The number of piperidine rings is 1. The van der Waals surface area contributed by atoms with Crippen molar-refractivity contribution >= 4 is 0 Å². The second-order valence-corrected chi connectivity index (χ2v) is 6.24. The molecule has 15 heavy (non-hydrogen) atoms. The van der Waals surface area contributed by atoms with Crippen molar-refractivity contribution in [1.29, 1.82) is 0 Å². The fourth-order valence-electron chi connectivity index (χ4n) is 3.58. The average Bonchev–Trinajstić information content (AvgIpc) is 2.15. The van der Waals surface area contributed by atoms with Crippen molar-refractivity contribution in [3.8, 4) is 0 Å². The van der Waals surface area contributed by atoms with Gasteiger partial charge in [-0.15, -0.1) is 0 Å². The molecule has 0 radical (unpaired) electrons. The number of hydrogen-bond donors (Lipinski definition) is 3. The molecule has 2 fully saturated rings. The molecule has 0 aromatic heterocycles. The van der Waals surface area contributed by atoms with Crippen molar-refractivity contribution in [2.24, 2.45) is 10.8 Å². The summed E-state index contributed by atoms with van der Waals surface area (Å²) in [5, 5.41) is 23.6. The van der Waals surface area contributed by atoms with Gasteiger partial charge in [0, 0.05) is 5.41 Å². The summed E-state index contributed by atoms with van der Waals surface area (Å²) in [5.74, 6) is 0. The summed E-state index contributed by atoms with van der Waals surface area (Å²) in [6.07, 6.45) is 3.47. The predicted molar refractivity (Wildman–Crippen MR) is 59.6 cm³/mol. The Morgan fingerprint density at radius 2 is 1.67 bits per heavy atom. The molecule has 0 spiro atoms. The number of nitrogens with one attached hydrogen (secondary N) is 1. The van der Waals surface area contributed by atoms with Crippen LogP contribution in [0.25, 0.3) is 0 Å². The molecule has 2 rings (SSSR count). The summed E-state index contributed by atoms with van der Waals surface area (Å²) < 4.78 is 0. The van der Waals surface area contributed by atoms with E-state index in [1.807, 2.05) is 0 Å². The first-order chi connectivity index (χ1) is 6.93. The van der Waals surface area contributed by atoms with Crippen molar-refractivity contribution in [2.45, 2.75) is 45.1 Å². The maximum Gasteiger partial charge on any atom is 0.0736 e. The molecule has 1 aliphatic carbocycles. The van der Waals surface area contributed by atoms with Crippen molar-refractivity contribution in [3.05, 3.63) is 0 Å². The first kappa shape index (κ1) is 11.4. The minimum atomic E-state index is -0.618. The van der Waals surface area contributed by atoms with E-state index in [-0.39, 0.29) is 17.4 Å². The van der Waals surface area contributed by atoms with Crippen LogP contribution in [0.4, 0.5) is 0 Å². The lowest BCUT2D eigenvalue weighted by Gasteiger charge is -2.60. The molecule has 0 bridgehead atoms. The van der Waals surface area contributed by atoms with Crippen LogP contribution in [0, 0.1) is 10.8 Å². The molecule has 3 nitrogen and oxygen atoms in total. The predicted octanol–water partition coefficient (Wildman–Crippen LogP) is 0.900. The highest BCUT2D eigenvalue weighted by Gasteiger charge is 2.59. The van der Waals surface area contributed by atoms with E-state index in [2.05, 4.69) is 19.2 Å². The van der Waals surface area contributed by atoms with Crippen LogP contribution in [0.1, 0.15) is 39.5 Å². The van der Waals surface area contributed by atoms with Gasteiger partial charge in [-0.05, 0) is 44.2 Å². The maximum absolute atomic E-state index is 10.6. The van der Waals surface area contributed by atoms with Crippen molar-refractivity contribution < 1.29 is 10.2 Å². The zero-order chi connectivity index (χ0) is 11.2. The van der Waals surface area contributed by atoms with Crippen LogP contribution in [-0.2, 0) is 0 Å². The molecule has 0 atom stereocenters. The number of aliphatic hydroxyl groups is 2. The summed E-state index contributed by atoms with van der Waals surface area (Å²) in [7, 11) is 0. The molecular weight excluding hydrogens is 190 g/mol. The summed E-state index contributed by atoms with van der Waals surface area (Å²) in [4.78, 5) is 0. The Hall–Kier alpha value is -0.120. The Kier molecular flexibility index (Phi) is 2.61. The van der Waals surface area contributed by atoms with E-state index in [9.17, 15) is 10.2 Å². The van der Waals surface area contributed by atoms with Gasteiger partial charge >= 0.3 is 0 Å². The third-order valence-electron chi connectivity index (χ3n) is 4.39. The van der Waals surface area contributed by atoms with Crippen LogP contribution >= 0.6 is 0 Å². The minimum Gasteiger partial charge on any atom is -0.396 e. The van der Waals surface area contributed by atoms with E-state index in [4.69, 9.17) is 0 Å². The van der Waals surface area contributed by atoms with Crippen molar-refractivity contribution in [1.82, 2.24) is 5.32 Å². The summed E-state index contributed by atoms with van der Waals surface area (Å²) >= 11 is 0. The van der Waals surface area contributed by atoms with Gasteiger partial charge in [0.2, 0.25) is 0 Å². The fraction of sp³-hybridized carbons (Fsp3) is 1.00. The Labute approximate surface area is 91.9 Å². The molecule has 3 heteroatoms. The molecule has 1 saturated carbocycles. The first-order valence-electron chi connectivity index (χ1n) is 5.97. The number of aliphatic hydroxyl groups excluding tert-OH is 1. The zero-order valence-corrected chi connectivity index (χ0v) is 9.84.